The van der Waals surface area contributed by atoms with Crippen LogP contribution in [0.15, 0.2) is 53.1 Å². The van der Waals surface area contributed by atoms with E-state index in [9.17, 15) is 9.90 Å². The molecular formula is C19H23NO3. The summed E-state index contributed by atoms with van der Waals surface area (Å²) in [6, 6.07) is 14.0. The molecule has 2 aromatic rings. The molecule has 1 atom stereocenters. The molecule has 3 rings (SSSR count). The first kappa shape index (κ1) is 15.8. The standard InChI is InChI=1S/C19H23NO3/c21-17(18-7-4-12-23-18)13-20-19(22)16-10-8-15(9-11-16)14-5-2-1-3-6-14/h1-7,12,15-17,21H,8-11,13H2,(H,20,22). The van der Waals surface area contributed by atoms with E-state index in [1.807, 2.05) is 6.07 Å². The van der Waals surface area contributed by atoms with Crippen LogP contribution < -0.4 is 5.32 Å². The van der Waals surface area contributed by atoms with E-state index < -0.39 is 6.10 Å². The molecule has 0 aliphatic heterocycles. The number of benzene rings is 1. The van der Waals surface area contributed by atoms with Gasteiger partial charge in [0, 0.05) is 5.92 Å². The summed E-state index contributed by atoms with van der Waals surface area (Å²) >= 11 is 0. The fourth-order valence-electron chi connectivity index (χ4n) is 3.34. The fourth-order valence-corrected chi connectivity index (χ4v) is 3.34. The Hall–Kier alpha value is -2.07. The first-order chi connectivity index (χ1) is 11.2. The van der Waals surface area contributed by atoms with Gasteiger partial charge >= 0.3 is 0 Å². The van der Waals surface area contributed by atoms with Crippen LogP contribution >= 0.6 is 0 Å². The molecule has 122 valence electrons. The molecule has 0 radical (unpaired) electrons. The van der Waals surface area contributed by atoms with E-state index >= 15 is 0 Å². The van der Waals surface area contributed by atoms with Crippen LogP contribution in [0.4, 0.5) is 0 Å². The van der Waals surface area contributed by atoms with Gasteiger partial charge in [-0.1, -0.05) is 30.3 Å². The molecule has 1 fully saturated rings. The van der Waals surface area contributed by atoms with Crippen molar-refractivity contribution in [3.63, 3.8) is 0 Å². The minimum absolute atomic E-state index is 0.0436. The van der Waals surface area contributed by atoms with Crippen molar-refractivity contribution in [1.82, 2.24) is 5.32 Å². The normalized spacial score (nSPS) is 22.5. The maximum Gasteiger partial charge on any atom is 0.223 e. The molecule has 23 heavy (non-hydrogen) atoms. The minimum atomic E-state index is -0.783. The van der Waals surface area contributed by atoms with Crippen molar-refractivity contribution in [2.45, 2.75) is 37.7 Å². The van der Waals surface area contributed by atoms with Crippen LogP contribution in [-0.4, -0.2) is 17.6 Å². The van der Waals surface area contributed by atoms with Crippen molar-refractivity contribution in [3.05, 3.63) is 60.1 Å². The predicted octanol–water partition coefficient (Wildman–Crippen LogP) is 3.40. The smallest absolute Gasteiger partial charge is 0.223 e. The van der Waals surface area contributed by atoms with E-state index in [4.69, 9.17) is 4.42 Å². The second-order valence-corrected chi connectivity index (χ2v) is 6.24. The summed E-state index contributed by atoms with van der Waals surface area (Å²) < 4.78 is 5.13. The lowest BCUT2D eigenvalue weighted by atomic mass is 9.78. The zero-order chi connectivity index (χ0) is 16.1. The Bertz CT molecular complexity index is 601. The number of nitrogens with one attached hydrogen (secondary N) is 1. The number of aliphatic hydroxyl groups excluding tert-OH is 1. The van der Waals surface area contributed by atoms with E-state index in [-0.39, 0.29) is 18.4 Å². The maximum absolute atomic E-state index is 12.3. The van der Waals surface area contributed by atoms with Crippen LogP contribution in [-0.2, 0) is 4.79 Å². The Morgan fingerprint density at radius 3 is 2.52 bits per heavy atom. The molecule has 1 heterocycles. The lowest BCUT2D eigenvalue weighted by Gasteiger charge is -2.28. The molecule has 2 N–H and O–H groups in total. The highest BCUT2D eigenvalue weighted by Crippen LogP contribution is 2.35. The molecule has 0 saturated heterocycles. The van der Waals surface area contributed by atoms with Gasteiger partial charge in [0.25, 0.3) is 0 Å². The van der Waals surface area contributed by atoms with Crippen molar-refractivity contribution in [2.24, 2.45) is 5.92 Å². The molecule has 4 heteroatoms. The van der Waals surface area contributed by atoms with Gasteiger partial charge in [0.15, 0.2) is 0 Å². The van der Waals surface area contributed by atoms with E-state index in [0.29, 0.717) is 11.7 Å². The third kappa shape index (κ3) is 4.02. The lowest BCUT2D eigenvalue weighted by molar-refractivity contribution is -0.126. The monoisotopic (exact) mass is 313 g/mol. The van der Waals surface area contributed by atoms with E-state index in [0.717, 1.165) is 25.7 Å². The van der Waals surface area contributed by atoms with Gasteiger partial charge in [0.2, 0.25) is 5.91 Å². The third-order valence-corrected chi connectivity index (χ3v) is 4.71. The molecule has 1 aliphatic rings. The van der Waals surface area contributed by atoms with Crippen molar-refractivity contribution >= 4 is 5.91 Å². The molecule has 0 spiro atoms. The fraction of sp³-hybridized carbons (Fsp3) is 0.421. The highest BCUT2D eigenvalue weighted by atomic mass is 16.4. The summed E-state index contributed by atoms with van der Waals surface area (Å²) in [6.45, 7) is 0.199. The number of hydrogen-bond donors (Lipinski definition) is 2. The highest BCUT2D eigenvalue weighted by molar-refractivity contribution is 5.78. The highest BCUT2D eigenvalue weighted by Gasteiger charge is 2.27. The summed E-state index contributed by atoms with van der Waals surface area (Å²) in [6.07, 6.45) is 4.64. The van der Waals surface area contributed by atoms with Crippen LogP contribution in [0.25, 0.3) is 0 Å². The van der Waals surface area contributed by atoms with Crippen molar-refractivity contribution in [3.8, 4) is 0 Å². The molecule has 0 bridgehead atoms. The largest absolute Gasteiger partial charge is 0.467 e. The Labute approximate surface area is 136 Å². The van der Waals surface area contributed by atoms with Crippen molar-refractivity contribution in [1.29, 1.82) is 0 Å². The Morgan fingerprint density at radius 2 is 1.87 bits per heavy atom. The van der Waals surface area contributed by atoms with Crippen LogP contribution in [0.3, 0.4) is 0 Å². The molecule has 1 aromatic carbocycles. The third-order valence-electron chi connectivity index (χ3n) is 4.71. The second-order valence-electron chi connectivity index (χ2n) is 6.24. The molecule has 1 aliphatic carbocycles. The molecular weight excluding hydrogens is 290 g/mol. The van der Waals surface area contributed by atoms with E-state index in [1.54, 1.807) is 12.1 Å². The van der Waals surface area contributed by atoms with Crippen LogP contribution in [0, 0.1) is 5.92 Å². The molecule has 1 amide bonds. The Morgan fingerprint density at radius 1 is 1.13 bits per heavy atom. The van der Waals surface area contributed by atoms with Gasteiger partial charge in [0.1, 0.15) is 11.9 Å². The SMILES string of the molecule is O=C(NCC(O)c1ccco1)C1CCC(c2ccccc2)CC1. The van der Waals surface area contributed by atoms with Gasteiger partial charge < -0.3 is 14.8 Å². The summed E-state index contributed by atoms with van der Waals surface area (Å²) in [5.41, 5.74) is 1.37. The predicted molar refractivity (Wildman–Crippen MR) is 87.8 cm³/mol. The zero-order valence-corrected chi connectivity index (χ0v) is 13.2. The van der Waals surface area contributed by atoms with E-state index in [2.05, 4.69) is 29.6 Å². The molecule has 1 aromatic heterocycles. The molecule has 1 unspecified atom stereocenters. The summed E-state index contributed by atoms with van der Waals surface area (Å²) in [5, 5.41) is 12.8. The second kappa shape index (κ2) is 7.47. The van der Waals surface area contributed by atoms with Gasteiger partial charge in [-0.25, -0.2) is 0 Å². The van der Waals surface area contributed by atoms with Crippen LogP contribution in [0.5, 0.6) is 0 Å². The minimum Gasteiger partial charge on any atom is -0.467 e. The number of furan rings is 1. The summed E-state index contributed by atoms with van der Waals surface area (Å²) in [4.78, 5) is 12.3. The number of carbonyl (C=O) groups is 1. The number of amides is 1. The first-order valence-corrected chi connectivity index (χ1v) is 8.28. The first-order valence-electron chi connectivity index (χ1n) is 8.28. The summed E-state index contributed by atoms with van der Waals surface area (Å²) in [5.74, 6) is 1.15. The van der Waals surface area contributed by atoms with Crippen LogP contribution in [0.2, 0.25) is 0 Å². The van der Waals surface area contributed by atoms with Crippen LogP contribution in [0.1, 0.15) is 49.0 Å². The van der Waals surface area contributed by atoms with Gasteiger partial charge in [0.05, 0.1) is 12.8 Å². The number of hydrogen-bond acceptors (Lipinski definition) is 3. The Kier molecular flexibility index (Phi) is 5.13. The molecule has 1 saturated carbocycles. The van der Waals surface area contributed by atoms with Gasteiger partial charge in [-0.05, 0) is 49.3 Å². The average molecular weight is 313 g/mol. The topological polar surface area (TPSA) is 62.5 Å². The quantitative estimate of drug-likeness (QED) is 0.889. The number of carbonyl (C=O) groups excluding carboxylic acids is 1. The summed E-state index contributed by atoms with van der Waals surface area (Å²) in [7, 11) is 0. The zero-order valence-electron chi connectivity index (χ0n) is 13.2. The van der Waals surface area contributed by atoms with E-state index in [1.165, 1.54) is 11.8 Å². The number of rotatable bonds is 5. The maximum atomic E-state index is 12.3. The number of aliphatic hydroxyl groups is 1. The molecule has 4 nitrogen and oxygen atoms in total. The van der Waals surface area contributed by atoms with Crippen molar-refractivity contribution < 1.29 is 14.3 Å². The average Bonchev–Trinajstić information content (AvgIpc) is 3.15. The van der Waals surface area contributed by atoms with Gasteiger partial charge in [-0.3, -0.25) is 4.79 Å². The van der Waals surface area contributed by atoms with Gasteiger partial charge in [-0.15, -0.1) is 0 Å². The Balaban J connectivity index is 1.45. The van der Waals surface area contributed by atoms with Crippen molar-refractivity contribution in [2.75, 3.05) is 6.54 Å². The lowest BCUT2D eigenvalue weighted by Crippen LogP contribution is -2.35. The van der Waals surface area contributed by atoms with Gasteiger partial charge in [-0.2, -0.15) is 0 Å².